The van der Waals surface area contributed by atoms with Crippen molar-refractivity contribution >= 4 is 17.2 Å². The van der Waals surface area contributed by atoms with Crippen LogP contribution in [0.25, 0.3) is 0 Å². The molecule has 1 saturated heterocycles. The molecule has 6 heteroatoms. The van der Waals surface area contributed by atoms with Crippen molar-refractivity contribution in [1.29, 1.82) is 0 Å². The summed E-state index contributed by atoms with van der Waals surface area (Å²) in [7, 11) is 0. The molecule has 1 N–H and O–H groups in total. The van der Waals surface area contributed by atoms with Gasteiger partial charge in [0.15, 0.2) is 11.5 Å². The fourth-order valence-corrected chi connectivity index (χ4v) is 5.39. The number of hydrogen-bond donors (Lipinski definition) is 1. The molecule has 0 spiro atoms. The molecule has 1 fully saturated rings. The Morgan fingerprint density at radius 1 is 1.03 bits per heavy atom. The molecular weight excluding hydrogens is 420 g/mol. The number of nitrogens with zero attached hydrogens (tertiary/aromatic N) is 1. The molecule has 3 aromatic rings. The SMILES string of the molecule is O=C(CN1CCC[C@H]1c1ccc2c(c1)OCCCO2)N[C@@H](c1ccccc1)c1cccs1. The number of rotatable bonds is 6. The Bertz CT molecular complexity index is 1040. The summed E-state index contributed by atoms with van der Waals surface area (Å²) >= 11 is 1.67. The minimum Gasteiger partial charge on any atom is -0.490 e. The van der Waals surface area contributed by atoms with Gasteiger partial charge in [-0.3, -0.25) is 9.69 Å². The van der Waals surface area contributed by atoms with Gasteiger partial charge in [0.25, 0.3) is 0 Å². The highest BCUT2D eigenvalue weighted by atomic mass is 32.1. The van der Waals surface area contributed by atoms with E-state index in [1.165, 1.54) is 5.56 Å². The fraction of sp³-hybridized carbons (Fsp3) is 0.346. The molecule has 0 unspecified atom stereocenters. The topological polar surface area (TPSA) is 50.8 Å². The van der Waals surface area contributed by atoms with Crippen LogP contribution in [0.2, 0.25) is 0 Å². The van der Waals surface area contributed by atoms with E-state index in [1.807, 2.05) is 30.3 Å². The van der Waals surface area contributed by atoms with Gasteiger partial charge < -0.3 is 14.8 Å². The molecule has 0 saturated carbocycles. The zero-order valence-corrected chi connectivity index (χ0v) is 18.9. The van der Waals surface area contributed by atoms with Crippen LogP contribution in [0.1, 0.15) is 47.4 Å². The van der Waals surface area contributed by atoms with Crippen LogP contribution >= 0.6 is 11.3 Å². The molecule has 5 rings (SSSR count). The average Bonchev–Trinajstić information content (AvgIpc) is 3.46. The van der Waals surface area contributed by atoms with Crippen LogP contribution in [0.4, 0.5) is 0 Å². The highest BCUT2D eigenvalue weighted by Crippen LogP contribution is 2.37. The zero-order chi connectivity index (χ0) is 21.8. The molecule has 3 heterocycles. The number of nitrogens with one attached hydrogen (secondary N) is 1. The minimum atomic E-state index is -0.122. The van der Waals surface area contributed by atoms with Gasteiger partial charge in [-0.25, -0.2) is 0 Å². The predicted octanol–water partition coefficient (Wildman–Crippen LogP) is 4.95. The first-order chi connectivity index (χ1) is 15.8. The van der Waals surface area contributed by atoms with Crippen molar-refractivity contribution in [3.63, 3.8) is 0 Å². The van der Waals surface area contributed by atoms with E-state index in [4.69, 9.17) is 9.47 Å². The van der Waals surface area contributed by atoms with Gasteiger partial charge in [-0.15, -0.1) is 11.3 Å². The van der Waals surface area contributed by atoms with Crippen LogP contribution in [0, 0.1) is 0 Å². The van der Waals surface area contributed by atoms with E-state index in [0.717, 1.165) is 47.7 Å². The monoisotopic (exact) mass is 448 g/mol. The van der Waals surface area contributed by atoms with E-state index in [2.05, 4.69) is 45.9 Å². The number of carbonyl (C=O) groups excluding carboxylic acids is 1. The van der Waals surface area contributed by atoms with Crippen molar-refractivity contribution < 1.29 is 14.3 Å². The Balaban J connectivity index is 1.30. The lowest BCUT2D eigenvalue weighted by atomic mass is 10.0. The minimum absolute atomic E-state index is 0.0495. The first-order valence-corrected chi connectivity index (χ1v) is 12.2. The molecule has 1 amide bonds. The van der Waals surface area contributed by atoms with E-state index in [9.17, 15) is 4.79 Å². The van der Waals surface area contributed by atoms with Crippen molar-refractivity contribution in [2.24, 2.45) is 0 Å². The molecule has 0 aliphatic carbocycles. The van der Waals surface area contributed by atoms with Crippen molar-refractivity contribution in [1.82, 2.24) is 10.2 Å². The van der Waals surface area contributed by atoms with Gasteiger partial charge in [-0.2, -0.15) is 0 Å². The third-order valence-electron chi connectivity index (χ3n) is 6.13. The fourth-order valence-electron chi connectivity index (χ4n) is 4.59. The molecule has 2 aliphatic rings. The number of carbonyl (C=O) groups is 1. The van der Waals surface area contributed by atoms with Crippen molar-refractivity contribution in [3.05, 3.63) is 82.0 Å². The number of likely N-dealkylation sites (tertiary alicyclic amines) is 1. The number of fused-ring (bicyclic) bond motifs is 1. The number of amides is 1. The molecule has 2 aromatic carbocycles. The molecule has 2 aliphatic heterocycles. The summed E-state index contributed by atoms with van der Waals surface area (Å²) in [6, 6.07) is 20.6. The Labute approximate surface area is 193 Å². The molecule has 0 radical (unpaired) electrons. The molecule has 2 atom stereocenters. The van der Waals surface area contributed by atoms with Gasteiger partial charge in [-0.05, 0) is 54.1 Å². The maximum atomic E-state index is 13.1. The summed E-state index contributed by atoms with van der Waals surface area (Å²) in [6.07, 6.45) is 3.02. The molecular formula is C26H28N2O3S. The van der Waals surface area contributed by atoms with E-state index in [-0.39, 0.29) is 18.0 Å². The van der Waals surface area contributed by atoms with Gasteiger partial charge in [0.2, 0.25) is 5.91 Å². The normalized spacial score (nSPS) is 19.3. The summed E-state index contributed by atoms with van der Waals surface area (Å²) in [5.41, 5.74) is 2.29. The molecule has 1 aromatic heterocycles. The van der Waals surface area contributed by atoms with Crippen LogP contribution in [0.3, 0.4) is 0 Å². The second-order valence-corrected chi connectivity index (χ2v) is 9.29. The van der Waals surface area contributed by atoms with Crippen molar-refractivity contribution in [2.75, 3.05) is 26.3 Å². The largest absolute Gasteiger partial charge is 0.490 e. The summed E-state index contributed by atoms with van der Waals surface area (Å²) in [4.78, 5) is 16.6. The maximum absolute atomic E-state index is 13.1. The number of thiophene rings is 1. The number of hydrogen-bond acceptors (Lipinski definition) is 5. The molecule has 5 nitrogen and oxygen atoms in total. The van der Waals surface area contributed by atoms with Gasteiger partial charge >= 0.3 is 0 Å². The van der Waals surface area contributed by atoms with Crippen molar-refractivity contribution in [2.45, 2.75) is 31.3 Å². The van der Waals surface area contributed by atoms with Crippen molar-refractivity contribution in [3.8, 4) is 11.5 Å². The maximum Gasteiger partial charge on any atom is 0.234 e. The van der Waals surface area contributed by atoms with Crippen LogP contribution in [0.15, 0.2) is 66.0 Å². The first-order valence-electron chi connectivity index (χ1n) is 11.3. The highest BCUT2D eigenvalue weighted by molar-refractivity contribution is 7.10. The summed E-state index contributed by atoms with van der Waals surface area (Å²) in [5, 5.41) is 5.33. The second kappa shape index (κ2) is 9.76. The van der Waals surface area contributed by atoms with Gasteiger partial charge in [0, 0.05) is 17.3 Å². The van der Waals surface area contributed by atoms with Crippen LogP contribution in [-0.2, 0) is 4.79 Å². The lowest BCUT2D eigenvalue weighted by molar-refractivity contribution is -0.123. The smallest absolute Gasteiger partial charge is 0.234 e. The lowest BCUT2D eigenvalue weighted by Gasteiger charge is -2.26. The quantitative estimate of drug-likeness (QED) is 0.580. The van der Waals surface area contributed by atoms with Crippen LogP contribution in [0.5, 0.6) is 11.5 Å². The van der Waals surface area contributed by atoms with E-state index < -0.39 is 0 Å². The Morgan fingerprint density at radius 3 is 2.69 bits per heavy atom. The third kappa shape index (κ3) is 4.66. The number of ether oxygens (including phenoxy) is 2. The second-order valence-electron chi connectivity index (χ2n) is 8.31. The summed E-state index contributed by atoms with van der Waals surface area (Å²) in [6.45, 7) is 2.67. The predicted molar refractivity (Wildman–Crippen MR) is 126 cm³/mol. The average molecular weight is 449 g/mol. The Morgan fingerprint density at radius 2 is 1.88 bits per heavy atom. The summed E-state index contributed by atoms with van der Waals surface area (Å²) in [5.74, 6) is 1.68. The standard InChI is InChI=1S/C26H28N2O3S/c29-25(27-26(24-10-5-16-32-24)19-7-2-1-3-8-19)18-28-13-4-9-21(28)20-11-12-22-23(17-20)31-15-6-14-30-22/h1-3,5,7-8,10-12,16-17,21,26H,4,6,9,13-15,18H2,(H,27,29)/t21-,26-/m0/s1. The van der Waals surface area contributed by atoms with E-state index in [0.29, 0.717) is 19.8 Å². The van der Waals surface area contributed by atoms with Crippen LogP contribution in [-0.4, -0.2) is 37.1 Å². The van der Waals surface area contributed by atoms with E-state index in [1.54, 1.807) is 11.3 Å². The first kappa shape index (κ1) is 21.0. The Hall–Kier alpha value is -2.83. The number of benzene rings is 2. The highest BCUT2D eigenvalue weighted by Gasteiger charge is 2.29. The summed E-state index contributed by atoms with van der Waals surface area (Å²) < 4.78 is 11.7. The molecule has 32 heavy (non-hydrogen) atoms. The van der Waals surface area contributed by atoms with E-state index >= 15 is 0 Å². The van der Waals surface area contributed by atoms with Gasteiger partial charge in [0.1, 0.15) is 0 Å². The Kier molecular flexibility index (Phi) is 6.41. The zero-order valence-electron chi connectivity index (χ0n) is 18.0. The van der Waals surface area contributed by atoms with Gasteiger partial charge in [0.05, 0.1) is 25.8 Å². The lowest BCUT2D eigenvalue weighted by Crippen LogP contribution is -2.38. The molecule has 0 bridgehead atoms. The van der Waals surface area contributed by atoms with Gasteiger partial charge in [-0.1, -0.05) is 42.5 Å². The molecule has 166 valence electrons. The third-order valence-corrected chi connectivity index (χ3v) is 7.07. The van der Waals surface area contributed by atoms with Crippen LogP contribution < -0.4 is 14.8 Å².